The predicted octanol–water partition coefficient (Wildman–Crippen LogP) is 6.53. The molecule has 0 N–H and O–H groups in total. The normalized spacial score (nSPS) is 41.2. The largest absolute Gasteiger partial charge is 0.372 e. The van der Waals surface area contributed by atoms with E-state index in [1.54, 1.807) is 0 Å². The Morgan fingerprint density at radius 1 is 0.857 bits per heavy atom. The van der Waals surface area contributed by atoms with Crippen LogP contribution in [0.5, 0.6) is 0 Å². The second-order valence-electron chi connectivity index (χ2n) is 10.7. The summed E-state index contributed by atoms with van der Waals surface area (Å²) in [5, 5.41) is 0. The van der Waals surface area contributed by atoms with Crippen molar-refractivity contribution in [3.8, 4) is 0 Å². The molecule has 8 atom stereocenters. The first kappa shape index (κ1) is 22.8. The summed E-state index contributed by atoms with van der Waals surface area (Å²) >= 11 is 0. The molecule has 3 rings (SSSR count). The van der Waals surface area contributed by atoms with E-state index in [1.165, 1.54) is 25.7 Å². The van der Waals surface area contributed by atoms with Gasteiger partial charge in [0.2, 0.25) is 0 Å². The average molecular weight is 415 g/mol. The summed E-state index contributed by atoms with van der Waals surface area (Å²) in [5.41, 5.74) is 0. The third kappa shape index (κ3) is 6.06. The third-order valence-electron chi connectivity index (χ3n) is 7.34. The van der Waals surface area contributed by atoms with Crippen LogP contribution in [0.4, 0.5) is 0 Å². The van der Waals surface area contributed by atoms with Gasteiger partial charge in [-0.1, -0.05) is 54.4 Å². The van der Waals surface area contributed by atoms with Crippen LogP contribution < -0.4 is 0 Å². The fraction of sp³-hybridized carbons (Fsp3) is 1.00. The molecule has 1 unspecified atom stereocenters. The molecule has 0 aromatic carbocycles. The standard InChI is InChI=1S/C23H43O4P/c1-15(2)20-9-7-17(5)11-22(20)26-28(24,14-19-13-25-19)27-23-12-18(6)8-10-21(23)16(3)4/h15-23H,7-14H2,1-6H3/t17-,18-,19+,20-,21+,22-,23-,28?/m1/s1. The van der Waals surface area contributed by atoms with Gasteiger partial charge < -0.3 is 13.8 Å². The van der Waals surface area contributed by atoms with Gasteiger partial charge in [0.05, 0.1) is 31.1 Å². The van der Waals surface area contributed by atoms with Gasteiger partial charge in [0.15, 0.2) is 0 Å². The highest BCUT2D eigenvalue weighted by atomic mass is 31.2. The minimum absolute atomic E-state index is 0.0480. The summed E-state index contributed by atoms with van der Waals surface area (Å²) in [7, 11) is -3.18. The molecule has 1 aliphatic heterocycles. The van der Waals surface area contributed by atoms with Gasteiger partial charge >= 0.3 is 7.60 Å². The zero-order valence-electron chi connectivity index (χ0n) is 18.9. The van der Waals surface area contributed by atoms with Crippen molar-refractivity contribution in [2.45, 2.75) is 98.4 Å². The summed E-state index contributed by atoms with van der Waals surface area (Å²) in [6, 6.07) is 0. The van der Waals surface area contributed by atoms with Crippen molar-refractivity contribution in [3.05, 3.63) is 0 Å². The quantitative estimate of drug-likeness (QED) is 0.334. The Morgan fingerprint density at radius 3 is 1.64 bits per heavy atom. The lowest BCUT2D eigenvalue weighted by molar-refractivity contribution is -0.00372. The Kier molecular flexibility index (Phi) is 7.73. The topological polar surface area (TPSA) is 48.1 Å². The van der Waals surface area contributed by atoms with Gasteiger partial charge in [-0.2, -0.15) is 0 Å². The van der Waals surface area contributed by atoms with Gasteiger partial charge in [0, 0.05) is 0 Å². The van der Waals surface area contributed by atoms with Crippen molar-refractivity contribution in [3.63, 3.8) is 0 Å². The first-order valence-electron chi connectivity index (χ1n) is 11.7. The predicted molar refractivity (Wildman–Crippen MR) is 115 cm³/mol. The van der Waals surface area contributed by atoms with Crippen molar-refractivity contribution in [2.24, 2.45) is 35.5 Å². The maximum Gasteiger partial charge on any atom is 0.333 e. The molecule has 5 heteroatoms. The molecule has 0 aromatic rings. The van der Waals surface area contributed by atoms with Crippen molar-refractivity contribution >= 4 is 7.60 Å². The molecule has 1 saturated heterocycles. The molecule has 0 aromatic heterocycles. The monoisotopic (exact) mass is 414 g/mol. The molecule has 0 radical (unpaired) electrons. The number of hydrogen-bond acceptors (Lipinski definition) is 4. The van der Waals surface area contributed by atoms with E-state index in [0.717, 1.165) is 12.8 Å². The second kappa shape index (κ2) is 9.50. The molecule has 0 bridgehead atoms. The molecular formula is C23H43O4P. The van der Waals surface area contributed by atoms with Crippen LogP contribution in [0.15, 0.2) is 0 Å². The Hall–Kier alpha value is 0.110. The highest BCUT2D eigenvalue weighted by Crippen LogP contribution is 2.57. The van der Waals surface area contributed by atoms with Crippen LogP contribution in [0.1, 0.15) is 80.1 Å². The molecular weight excluding hydrogens is 371 g/mol. The molecule has 2 saturated carbocycles. The smallest absolute Gasteiger partial charge is 0.333 e. The minimum atomic E-state index is -3.18. The maximum absolute atomic E-state index is 14.0. The fourth-order valence-corrected chi connectivity index (χ4v) is 7.66. The number of hydrogen-bond donors (Lipinski definition) is 0. The number of epoxide rings is 1. The molecule has 0 amide bonds. The van der Waals surface area contributed by atoms with Crippen LogP contribution in [-0.4, -0.2) is 31.1 Å². The zero-order valence-corrected chi connectivity index (χ0v) is 19.8. The zero-order chi connectivity index (χ0) is 20.5. The second-order valence-corrected chi connectivity index (χ2v) is 12.7. The van der Waals surface area contributed by atoms with E-state index in [4.69, 9.17) is 13.8 Å². The number of rotatable bonds is 8. The molecule has 3 aliphatic rings. The van der Waals surface area contributed by atoms with E-state index in [1.807, 2.05) is 0 Å². The summed E-state index contributed by atoms with van der Waals surface area (Å²) in [6.45, 7) is 14.4. The summed E-state index contributed by atoms with van der Waals surface area (Å²) < 4.78 is 32.5. The van der Waals surface area contributed by atoms with E-state index in [-0.39, 0.29) is 18.3 Å². The van der Waals surface area contributed by atoms with Crippen LogP contribution in [-0.2, 0) is 18.3 Å². The Bertz CT molecular complexity index is 507. The molecule has 28 heavy (non-hydrogen) atoms. The Balaban J connectivity index is 1.76. The van der Waals surface area contributed by atoms with Crippen molar-refractivity contribution in [2.75, 3.05) is 12.8 Å². The van der Waals surface area contributed by atoms with Crippen LogP contribution in [0, 0.1) is 35.5 Å². The highest BCUT2D eigenvalue weighted by Gasteiger charge is 2.45. The molecule has 2 aliphatic carbocycles. The molecule has 3 fully saturated rings. The Labute approximate surface area is 173 Å². The lowest BCUT2D eigenvalue weighted by atomic mass is 9.75. The van der Waals surface area contributed by atoms with E-state index in [9.17, 15) is 4.57 Å². The van der Waals surface area contributed by atoms with Gasteiger partial charge in [-0.25, -0.2) is 0 Å². The lowest BCUT2D eigenvalue weighted by Crippen LogP contribution is -2.37. The van der Waals surface area contributed by atoms with Gasteiger partial charge in [-0.15, -0.1) is 0 Å². The minimum Gasteiger partial charge on any atom is -0.372 e. The molecule has 164 valence electrons. The Morgan fingerprint density at radius 2 is 1.29 bits per heavy atom. The highest BCUT2D eigenvalue weighted by molar-refractivity contribution is 7.54. The van der Waals surface area contributed by atoms with Gasteiger partial charge in [-0.3, -0.25) is 4.57 Å². The molecule has 1 heterocycles. The van der Waals surface area contributed by atoms with Crippen molar-refractivity contribution in [1.29, 1.82) is 0 Å². The SMILES string of the molecule is CC(C)[C@H]1CC[C@@H](C)C[C@H]1OP(=O)(C[C@@H]1CO1)O[C@@H]1C[C@H](C)CC[C@H]1C(C)C. The third-order valence-corrected chi connectivity index (χ3v) is 9.38. The van der Waals surface area contributed by atoms with Crippen molar-refractivity contribution < 1.29 is 18.3 Å². The first-order chi connectivity index (χ1) is 13.2. The van der Waals surface area contributed by atoms with E-state index < -0.39 is 7.60 Å². The van der Waals surface area contributed by atoms with E-state index in [0.29, 0.717) is 48.3 Å². The average Bonchev–Trinajstić information content (AvgIpc) is 3.37. The van der Waals surface area contributed by atoms with E-state index >= 15 is 0 Å². The lowest BCUT2D eigenvalue weighted by Gasteiger charge is -2.41. The van der Waals surface area contributed by atoms with Crippen LogP contribution in [0.25, 0.3) is 0 Å². The van der Waals surface area contributed by atoms with Crippen LogP contribution in [0.2, 0.25) is 0 Å². The van der Waals surface area contributed by atoms with E-state index in [2.05, 4.69) is 41.5 Å². The van der Waals surface area contributed by atoms with Crippen LogP contribution >= 0.6 is 7.60 Å². The van der Waals surface area contributed by atoms with Gasteiger partial charge in [-0.05, 0) is 61.2 Å². The fourth-order valence-electron chi connectivity index (χ4n) is 5.42. The first-order valence-corrected chi connectivity index (χ1v) is 13.5. The molecule has 4 nitrogen and oxygen atoms in total. The molecule has 0 spiro atoms. The van der Waals surface area contributed by atoms with Gasteiger partial charge in [0.1, 0.15) is 0 Å². The van der Waals surface area contributed by atoms with Crippen molar-refractivity contribution in [1.82, 2.24) is 0 Å². The van der Waals surface area contributed by atoms with Gasteiger partial charge in [0.25, 0.3) is 0 Å². The summed E-state index contributed by atoms with van der Waals surface area (Å²) in [6.07, 6.45) is 7.40. The maximum atomic E-state index is 14.0. The number of ether oxygens (including phenoxy) is 1. The van der Waals surface area contributed by atoms with Crippen LogP contribution in [0.3, 0.4) is 0 Å². The summed E-state index contributed by atoms with van der Waals surface area (Å²) in [4.78, 5) is 0. The summed E-state index contributed by atoms with van der Waals surface area (Å²) in [5.74, 6) is 3.29.